The number of hydrogen-bond donors (Lipinski definition) is 2. The Labute approximate surface area is 185 Å². The lowest BCUT2D eigenvalue weighted by atomic mass is 10.2. The summed E-state index contributed by atoms with van der Waals surface area (Å²) in [5.41, 5.74) is 2.28. The SMILES string of the molecule is CC(OC(=O)C1=NNC(=O)CC1)C(=O)Nc1cc(S(=O)(=O)N2CCCCC2)ccc1Cl. The van der Waals surface area contributed by atoms with Gasteiger partial charge in [0.05, 0.1) is 15.6 Å². The van der Waals surface area contributed by atoms with E-state index in [-0.39, 0.29) is 40.1 Å². The molecule has 2 aliphatic heterocycles. The number of carbonyl (C=O) groups excluding carboxylic acids is 3. The van der Waals surface area contributed by atoms with Gasteiger partial charge >= 0.3 is 5.97 Å². The van der Waals surface area contributed by atoms with Gasteiger partial charge in [-0.3, -0.25) is 9.59 Å². The van der Waals surface area contributed by atoms with E-state index in [1.807, 2.05) is 0 Å². The molecule has 0 spiro atoms. The largest absolute Gasteiger partial charge is 0.448 e. The standard InChI is InChI=1S/C19H23ClN4O6S/c1-12(30-19(27)15-7-8-17(25)23-22-15)18(26)21-16-11-13(5-6-14(16)20)31(28,29)24-9-3-2-4-10-24/h5-6,11-12H,2-4,7-10H2,1H3,(H,21,26)(H,23,25). The lowest BCUT2D eigenvalue weighted by Crippen LogP contribution is -2.36. The third kappa shape index (κ3) is 5.60. The molecule has 2 N–H and O–H groups in total. The van der Waals surface area contributed by atoms with Gasteiger partial charge in [0.25, 0.3) is 5.91 Å². The topological polar surface area (TPSA) is 134 Å². The molecule has 2 amide bonds. The lowest BCUT2D eigenvalue weighted by Gasteiger charge is -2.26. The van der Waals surface area contributed by atoms with Crippen molar-refractivity contribution in [3.05, 3.63) is 23.2 Å². The molecule has 0 aliphatic carbocycles. The molecule has 1 saturated heterocycles. The highest BCUT2D eigenvalue weighted by Crippen LogP contribution is 2.28. The van der Waals surface area contributed by atoms with Gasteiger partial charge < -0.3 is 10.1 Å². The number of piperidine rings is 1. The number of hydrogen-bond acceptors (Lipinski definition) is 7. The normalized spacial score (nSPS) is 18.5. The van der Waals surface area contributed by atoms with E-state index in [4.69, 9.17) is 16.3 Å². The molecule has 12 heteroatoms. The molecule has 1 aromatic carbocycles. The summed E-state index contributed by atoms with van der Waals surface area (Å²) in [6, 6.07) is 4.07. The fourth-order valence-electron chi connectivity index (χ4n) is 3.15. The zero-order valence-corrected chi connectivity index (χ0v) is 18.5. The zero-order valence-electron chi connectivity index (χ0n) is 16.9. The zero-order chi connectivity index (χ0) is 22.6. The van der Waals surface area contributed by atoms with Gasteiger partial charge in [0.1, 0.15) is 5.71 Å². The number of rotatable bonds is 6. The Morgan fingerprint density at radius 3 is 2.58 bits per heavy atom. The second-order valence-electron chi connectivity index (χ2n) is 7.24. The molecule has 0 saturated carbocycles. The van der Waals surface area contributed by atoms with Crippen LogP contribution >= 0.6 is 11.6 Å². The summed E-state index contributed by atoms with van der Waals surface area (Å²) in [5.74, 6) is -1.82. The van der Waals surface area contributed by atoms with Crippen LogP contribution in [0.15, 0.2) is 28.2 Å². The smallest absolute Gasteiger partial charge is 0.355 e. The Kier molecular flexibility index (Phi) is 7.29. The molecule has 0 radical (unpaired) electrons. The maximum Gasteiger partial charge on any atom is 0.355 e. The predicted octanol–water partition coefficient (Wildman–Crippen LogP) is 1.65. The summed E-state index contributed by atoms with van der Waals surface area (Å²) < 4.78 is 32.2. The maximum atomic E-state index is 12.9. The minimum absolute atomic E-state index is 0.00639. The number of anilines is 1. The lowest BCUT2D eigenvalue weighted by molar-refractivity contribution is -0.146. The van der Waals surface area contributed by atoms with Crippen molar-refractivity contribution in [2.24, 2.45) is 5.10 Å². The Hall–Kier alpha value is -2.50. The third-order valence-electron chi connectivity index (χ3n) is 4.94. The summed E-state index contributed by atoms with van der Waals surface area (Å²) in [6.07, 6.45) is 1.60. The quantitative estimate of drug-likeness (QED) is 0.607. The van der Waals surface area contributed by atoms with E-state index in [0.717, 1.165) is 19.3 Å². The molecule has 2 heterocycles. The van der Waals surface area contributed by atoms with Crippen molar-refractivity contribution in [3.8, 4) is 0 Å². The first-order valence-electron chi connectivity index (χ1n) is 9.85. The van der Waals surface area contributed by atoms with Crippen LogP contribution in [0, 0.1) is 0 Å². The number of carbonyl (C=O) groups is 3. The number of esters is 1. The van der Waals surface area contributed by atoms with Crippen molar-refractivity contribution in [2.75, 3.05) is 18.4 Å². The highest BCUT2D eigenvalue weighted by Gasteiger charge is 2.28. The van der Waals surface area contributed by atoms with Crippen LogP contribution in [0.4, 0.5) is 5.69 Å². The molecule has 1 unspecified atom stereocenters. The van der Waals surface area contributed by atoms with E-state index in [2.05, 4.69) is 15.8 Å². The molecule has 1 atom stereocenters. The van der Waals surface area contributed by atoms with E-state index in [0.29, 0.717) is 13.1 Å². The Morgan fingerprint density at radius 2 is 1.94 bits per heavy atom. The number of nitrogens with zero attached hydrogens (tertiary/aromatic N) is 2. The van der Waals surface area contributed by atoms with Crippen LogP contribution in [-0.4, -0.2) is 55.4 Å². The Balaban J connectivity index is 1.68. The van der Waals surface area contributed by atoms with Crippen molar-refractivity contribution in [3.63, 3.8) is 0 Å². The molecular weight excluding hydrogens is 448 g/mol. The first-order valence-corrected chi connectivity index (χ1v) is 11.7. The molecule has 0 bridgehead atoms. The average Bonchev–Trinajstić information content (AvgIpc) is 2.76. The predicted molar refractivity (Wildman–Crippen MR) is 113 cm³/mol. The van der Waals surface area contributed by atoms with Crippen LogP contribution in [0.2, 0.25) is 5.02 Å². The van der Waals surface area contributed by atoms with Crippen LogP contribution in [-0.2, 0) is 29.1 Å². The maximum absolute atomic E-state index is 12.9. The summed E-state index contributed by atoms with van der Waals surface area (Å²) in [5, 5.41) is 6.26. The van der Waals surface area contributed by atoms with Crippen LogP contribution in [0.25, 0.3) is 0 Å². The molecule has 10 nitrogen and oxygen atoms in total. The van der Waals surface area contributed by atoms with Crippen LogP contribution in [0.5, 0.6) is 0 Å². The van der Waals surface area contributed by atoms with Crippen LogP contribution in [0.3, 0.4) is 0 Å². The fraction of sp³-hybridized carbons (Fsp3) is 0.474. The highest BCUT2D eigenvalue weighted by molar-refractivity contribution is 7.89. The van der Waals surface area contributed by atoms with E-state index >= 15 is 0 Å². The van der Waals surface area contributed by atoms with Gasteiger partial charge in [-0.05, 0) is 38.0 Å². The summed E-state index contributed by atoms with van der Waals surface area (Å²) in [7, 11) is -3.71. The van der Waals surface area contributed by atoms with Crippen LogP contribution < -0.4 is 10.7 Å². The van der Waals surface area contributed by atoms with Gasteiger partial charge in [-0.15, -0.1) is 0 Å². The molecule has 1 fully saturated rings. The first kappa shape index (κ1) is 23.2. The van der Waals surface area contributed by atoms with E-state index in [9.17, 15) is 22.8 Å². The van der Waals surface area contributed by atoms with E-state index in [1.54, 1.807) is 0 Å². The van der Waals surface area contributed by atoms with Crippen molar-refractivity contribution in [2.45, 2.75) is 50.0 Å². The van der Waals surface area contributed by atoms with Crippen molar-refractivity contribution < 1.29 is 27.5 Å². The molecule has 31 heavy (non-hydrogen) atoms. The number of amides is 2. The van der Waals surface area contributed by atoms with Gasteiger partial charge in [0, 0.05) is 25.9 Å². The van der Waals surface area contributed by atoms with Crippen LogP contribution in [0.1, 0.15) is 39.0 Å². The monoisotopic (exact) mass is 470 g/mol. The van der Waals surface area contributed by atoms with E-state index < -0.39 is 28.0 Å². The first-order chi connectivity index (χ1) is 14.7. The van der Waals surface area contributed by atoms with Gasteiger partial charge in [-0.2, -0.15) is 9.41 Å². The Bertz CT molecular complexity index is 1020. The summed E-state index contributed by atoms with van der Waals surface area (Å²) in [6.45, 7) is 2.26. The molecule has 168 valence electrons. The number of benzene rings is 1. The van der Waals surface area contributed by atoms with Gasteiger partial charge in [-0.25, -0.2) is 18.6 Å². The summed E-state index contributed by atoms with van der Waals surface area (Å²) in [4.78, 5) is 35.7. The number of hydrazone groups is 1. The molecule has 0 aromatic heterocycles. The Morgan fingerprint density at radius 1 is 1.23 bits per heavy atom. The number of sulfonamides is 1. The minimum Gasteiger partial charge on any atom is -0.448 e. The third-order valence-corrected chi connectivity index (χ3v) is 7.17. The van der Waals surface area contributed by atoms with Crippen molar-refractivity contribution in [1.82, 2.24) is 9.73 Å². The molecule has 3 rings (SSSR count). The number of ether oxygens (including phenoxy) is 1. The number of halogens is 1. The minimum atomic E-state index is -3.71. The molecule has 1 aromatic rings. The summed E-state index contributed by atoms with van der Waals surface area (Å²) >= 11 is 6.13. The molecular formula is C19H23ClN4O6S. The number of nitrogens with one attached hydrogen (secondary N) is 2. The second-order valence-corrected chi connectivity index (χ2v) is 9.58. The average molecular weight is 471 g/mol. The second kappa shape index (κ2) is 9.75. The van der Waals surface area contributed by atoms with Gasteiger partial charge in [-0.1, -0.05) is 18.0 Å². The van der Waals surface area contributed by atoms with Gasteiger partial charge in [0.2, 0.25) is 15.9 Å². The van der Waals surface area contributed by atoms with Crippen molar-refractivity contribution >= 4 is 50.8 Å². The highest BCUT2D eigenvalue weighted by atomic mass is 35.5. The fourth-order valence-corrected chi connectivity index (χ4v) is 4.86. The molecule has 2 aliphatic rings. The van der Waals surface area contributed by atoms with Gasteiger partial charge in [0.15, 0.2) is 6.10 Å². The van der Waals surface area contributed by atoms with Crippen molar-refractivity contribution in [1.29, 1.82) is 0 Å². The van der Waals surface area contributed by atoms with E-state index in [1.165, 1.54) is 29.4 Å².